The molecule has 6 rings (SSSR count). The van der Waals surface area contributed by atoms with Gasteiger partial charge in [0.25, 0.3) is 0 Å². The van der Waals surface area contributed by atoms with Gasteiger partial charge in [-0.05, 0) is 80.9 Å². The zero-order chi connectivity index (χ0) is 43.1. The minimum Gasteiger partial charge on any atom is -0.370 e. The van der Waals surface area contributed by atoms with Gasteiger partial charge in [-0.1, -0.05) is 80.6 Å². The smallest absolute Gasteiger partial charge is 0.245 e. The lowest BCUT2D eigenvalue weighted by Crippen LogP contribution is -2.59. The molecule has 16 heteroatoms. The largest absolute Gasteiger partial charge is 0.370 e. The second-order valence-electron chi connectivity index (χ2n) is 16.8. The number of nitrogens with zero attached hydrogens (tertiary/aromatic N) is 3. The Morgan fingerprint density at radius 2 is 1.48 bits per heavy atom. The first kappa shape index (κ1) is 44.7. The lowest BCUT2D eigenvalue weighted by atomic mass is 9.84. The Bertz CT molecular complexity index is 1910. The van der Waals surface area contributed by atoms with E-state index in [2.05, 4.69) is 36.6 Å². The highest BCUT2D eigenvalue weighted by Crippen LogP contribution is 2.35. The molecular formula is C45H62N10O6. The highest BCUT2D eigenvalue weighted by atomic mass is 16.2. The summed E-state index contributed by atoms with van der Waals surface area (Å²) in [4.78, 5) is 94.9. The number of nitrogens with two attached hydrogens (primary N) is 2. The molecule has 0 radical (unpaired) electrons. The maximum absolute atomic E-state index is 14.5. The predicted molar refractivity (Wildman–Crippen MR) is 233 cm³/mol. The van der Waals surface area contributed by atoms with Gasteiger partial charge in [0.15, 0.2) is 5.96 Å². The van der Waals surface area contributed by atoms with Crippen LogP contribution >= 0.6 is 0 Å². The van der Waals surface area contributed by atoms with E-state index in [-0.39, 0.29) is 68.4 Å². The molecule has 0 spiro atoms. The maximum Gasteiger partial charge on any atom is 0.245 e. The van der Waals surface area contributed by atoms with Crippen LogP contribution in [0, 0.1) is 5.92 Å². The highest BCUT2D eigenvalue weighted by molar-refractivity contribution is 5.97. The van der Waals surface area contributed by atoms with Crippen molar-refractivity contribution in [1.29, 1.82) is 0 Å². The summed E-state index contributed by atoms with van der Waals surface area (Å²) in [7, 11) is 0. The van der Waals surface area contributed by atoms with Gasteiger partial charge in [-0.3, -0.25) is 38.8 Å². The lowest BCUT2D eigenvalue weighted by Gasteiger charge is -2.32. The first-order chi connectivity index (χ1) is 29.5. The Balaban J connectivity index is 1.28. The minimum absolute atomic E-state index is 0.0918. The van der Waals surface area contributed by atoms with Crippen molar-refractivity contribution in [1.82, 2.24) is 31.5 Å². The molecule has 61 heavy (non-hydrogen) atoms. The van der Waals surface area contributed by atoms with Gasteiger partial charge in [-0.2, -0.15) is 0 Å². The molecule has 9 N–H and O–H groups in total. The summed E-state index contributed by atoms with van der Waals surface area (Å²) in [6.45, 7) is 0.689. The Morgan fingerprint density at radius 3 is 2.25 bits per heavy atom. The number of fused-ring (bicyclic) bond motifs is 2. The van der Waals surface area contributed by atoms with Gasteiger partial charge in [-0.15, -0.1) is 0 Å². The van der Waals surface area contributed by atoms with Gasteiger partial charge in [0.1, 0.15) is 30.2 Å². The molecule has 6 atom stereocenters. The molecule has 3 aliphatic heterocycles. The van der Waals surface area contributed by atoms with Gasteiger partial charge >= 0.3 is 0 Å². The minimum atomic E-state index is -1.09. The number of carbonyl (C=O) groups excluding carboxylic acids is 6. The second-order valence-corrected chi connectivity index (χ2v) is 16.8. The van der Waals surface area contributed by atoms with E-state index >= 15 is 0 Å². The van der Waals surface area contributed by atoms with Crippen LogP contribution in [0.4, 0.5) is 5.69 Å². The first-order valence-electron chi connectivity index (χ1n) is 22.1. The Morgan fingerprint density at radius 1 is 0.770 bits per heavy atom. The lowest BCUT2D eigenvalue weighted by molar-refractivity contribution is -0.142. The van der Waals surface area contributed by atoms with Crippen molar-refractivity contribution in [2.45, 2.75) is 132 Å². The summed E-state index contributed by atoms with van der Waals surface area (Å²) >= 11 is 0. The number of rotatable bonds is 12. The van der Waals surface area contributed by atoms with Crippen molar-refractivity contribution in [2.75, 3.05) is 19.6 Å². The molecule has 2 saturated heterocycles. The van der Waals surface area contributed by atoms with E-state index in [1.807, 2.05) is 54.6 Å². The number of nitrogens with one attached hydrogen (secondary N) is 5. The van der Waals surface area contributed by atoms with Gasteiger partial charge in [0.05, 0.1) is 5.69 Å². The fraction of sp³-hybridized carbons (Fsp3) is 0.556. The Labute approximate surface area is 357 Å². The molecular weight excluding hydrogens is 777 g/mol. The van der Waals surface area contributed by atoms with E-state index in [0.29, 0.717) is 45.1 Å². The second kappa shape index (κ2) is 22.2. The number of guanidine groups is 1. The Kier molecular flexibility index (Phi) is 16.3. The number of hydrogen-bond donors (Lipinski definition) is 7. The number of hydrogen-bond acceptors (Lipinski definition) is 8. The van der Waals surface area contributed by atoms with E-state index in [9.17, 15) is 28.8 Å². The summed E-state index contributed by atoms with van der Waals surface area (Å²) < 4.78 is 0. The van der Waals surface area contributed by atoms with Crippen LogP contribution in [0.25, 0.3) is 0 Å². The molecule has 2 aromatic rings. The molecule has 0 aromatic heterocycles. The zero-order valence-corrected chi connectivity index (χ0v) is 35.0. The Hall–Kier alpha value is -5.80. The normalized spacial score (nSPS) is 25.5. The van der Waals surface area contributed by atoms with Crippen molar-refractivity contribution >= 4 is 53.3 Å². The SMILES string of the molecule is NC(N)=NCCC[C@@H]1NC(=O)[C@H](C[C@@H]2C=Nc3ccccc32)NC(=O)[C@H](CC2CCCCC2)NC(=O)[C@@H]2CCCN2C(=O)[C@@H](NC(=O)CCc2ccccc2)CCCNC1=O. The summed E-state index contributed by atoms with van der Waals surface area (Å²) in [5.41, 5.74) is 13.8. The molecule has 2 aromatic carbocycles. The van der Waals surface area contributed by atoms with Crippen LogP contribution < -0.4 is 38.1 Å². The molecule has 4 aliphatic rings. The van der Waals surface area contributed by atoms with Crippen LogP contribution in [0.2, 0.25) is 0 Å². The molecule has 0 bridgehead atoms. The predicted octanol–water partition coefficient (Wildman–Crippen LogP) is 2.37. The number of amides is 6. The molecule has 3 heterocycles. The van der Waals surface area contributed by atoms with Crippen LogP contribution in [-0.2, 0) is 35.2 Å². The van der Waals surface area contributed by atoms with Gasteiger partial charge in [-0.25, -0.2) is 0 Å². The van der Waals surface area contributed by atoms with Crippen LogP contribution in [0.5, 0.6) is 0 Å². The maximum atomic E-state index is 14.5. The highest BCUT2D eigenvalue weighted by Gasteiger charge is 2.40. The van der Waals surface area contributed by atoms with Crippen molar-refractivity contribution in [3.05, 3.63) is 65.7 Å². The van der Waals surface area contributed by atoms with Crippen LogP contribution in [-0.4, -0.2) is 102 Å². The molecule has 6 amide bonds. The number of aliphatic imine (C=N–C) groups is 2. The standard InChI is InChI=1S/C45H62N10O6/c46-45(47)49-24-9-18-34-40(57)48-23-10-19-35(51-39(56)22-21-29-12-3-1-4-13-29)44(61)55-25-11-20-38(55)43(60)54-36(26-30-14-5-2-6-15-30)41(58)53-37(42(59)52-34)27-31-28-50-33-17-8-7-16-32(31)33/h1,3-4,7-8,12-13,16-17,28,30-31,34-38H,2,5-6,9-11,14-15,18-27H2,(H,48,57)(H,51,56)(H,52,59)(H,53,58)(H,54,60)(H4,46,47,49)/t31-,34+,35+,36+,37+,38+/m1/s1. The molecule has 328 valence electrons. The van der Waals surface area contributed by atoms with E-state index in [1.165, 1.54) is 4.90 Å². The van der Waals surface area contributed by atoms with Crippen LogP contribution in [0.15, 0.2) is 64.6 Å². The van der Waals surface area contributed by atoms with E-state index in [4.69, 9.17) is 11.5 Å². The topological polar surface area (TPSA) is 243 Å². The van der Waals surface area contributed by atoms with E-state index in [1.54, 1.807) is 6.21 Å². The van der Waals surface area contributed by atoms with Crippen molar-refractivity contribution in [3.8, 4) is 0 Å². The van der Waals surface area contributed by atoms with Crippen molar-refractivity contribution < 1.29 is 28.8 Å². The quantitative estimate of drug-likeness (QED) is 0.0949. The average molecular weight is 839 g/mol. The molecule has 0 unspecified atom stereocenters. The van der Waals surface area contributed by atoms with Crippen LogP contribution in [0.3, 0.4) is 0 Å². The van der Waals surface area contributed by atoms with E-state index < -0.39 is 53.8 Å². The summed E-state index contributed by atoms with van der Waals surface area (Å²) in [5.74, 6) is -2.85. The average Bonchev–Trinajstić information content (AvgIpc) is 3.92. The molecule has 3 fully saturated rings. The van der Waals surface area contributed by atoms with Gasteiger partial charge in [0, 0.05) is 38.2 Å². The van der Waals surface area contributed by atoms with Crippen LogP contribution in [0.1, 0.15) is 107 Å². The van der Waals surface area contributed by atoms with Gasteiger partial charge < -0.3 is 43.0 Å². The third kappa shape index (κ3) is 12.9. The molecule has 16 nitrogen and oxygen atoms in total. The summed E-state index contributed by atoms with van der Waals surface area (Å²) in [6.07, 6.45) is 9.98. The third-order valence-electron chi connectivity index (χ3n) is 12.3. The molecule has 1 aliphatic carbocycles. The number of carbonyl (C=O) groups is 6. The monoisotopic (exact) mass is 838 g/mol. The zero-order valence-electron chi connectivity index (χ0n) is 35.0. The van der Waals surface area contributed by atoms with E-state index in [0.717, 1.165) is 48.9 Å². The first-order valence-corrected chi connectivity index (χ1v) is 22.1. The fourth-order valence-electron chi connectivity index (χ4n) is 8.99. The summed E-state index contributed by atoms with van der Waals surface area (Å²) in [6, 6.07) is 12.3. The number of para-hydroxylation sites is 1. The molecule has 1 saturated carbocycles. The van der Waals surface area contributed by atoms with Crippen molar-refractivity contribution in [3.63, 3.8) is 0 Å². The number of aryl methyl sites for hydroxylation is 1. The number of benzene rings is 2. The fourth-order valence-corrected chi connectivity index (χ4v) is 8.99. The summed E-state index contributed by atoms with van der Waals surface area (Å²) in [5, 5.41) is 14.8. The van der Waals surface area contributed by atoms with Gasteiger partial charge in [0.2, 0.25) is 35.4 Å². The van der Waals surface area contributed by atoms with Crippen molar-refractivity contribution in [2.24, 2.45) is 27.4 Å². The third-order valence-corrected chi connectivity index (χ3v) is 12.3.